The lowest BCUT2D eigenvalue weighted by molar-refractivity contribution is 0.644. The summed E-state index contributed by atoms with van der Waals surface area (Å²) in [6, 6.07) is 48.5. The summed E-state index contributed by atoms with van der Waals surface area (Å²) in [5, 5.41) is 5.26. The predicted octanol–water partition coefficient (Wildman–Crippen LogP) is 12.5. The molecule has 1 saturated carbocycles. The fraction of sp³-hybridized carbons (Fsp3) is 0.196. The fourth-order valence-electron chi connectivity index (χ4n) is 9.63. The van der Waals surface area contributed by atoms with Crippen LogP contribution < -0.4 is 14.4 Å². The van der Waals surface area contributed by atoms with Crippen LogP contribution in [-0.4, -0.2) is 19.8 Å². The molecule has 266 valence electrons. The summed E-state index contributed by atoms with van der Waals surface area (Å²) in [7, 11) is 4.45. The average Bonchev–Trinajstić information content (AvgIpc) is 3.74. The molecule has 0 radical (unpaired) electrons. The summed E-state index contributed by atoms with van der Waals surface area (Å²) in [6.45, 7) is 9.52. The van der Waals surface area contributed by atoms with Crippen molar-refractivity contribution < 1.29 is 0 Å². The van der Waals surface area contributed by atoms with E-state index in [0.29, 0.717) is 0 Å². The first kappa shape index (κ1) is 33.9. The minimum absolute atomic E-state index is 0.153. The van der Waals surface area contributed by atoms with Gasteiger partial charge in [0.25, 0.3) is 0 Å². The van der Waals surface area contributed by atoms with E-state index >= 15 is 0 Å². The number of hydrogen-bond donors (Lipinski definition) is 0. The van der Waals surface area contributed by atoms with E-state index < -0.39 is 0 Å². The van der Waals surface area contributed by atoms with Crippen molar-refractivity contribution in [2.24, 2.45) is 0 Å². The van der Waals surface area contributed by atoms with Crippen molar-refractivity contribution in [3.05, 3.63) is 191 Å². The lowest BCUT2D eigenvalue weighted by atomic mass is 9.81. The fourth-order valence-corrected chi connectivity index (χ4v) is 9.63. The first-order valence-electron chi connectivity index (χ1n) is 19.3. The molecule has 0 bridgehead atoms. The van der Waals surface area contributed by atoms with E-state index in [2.05, 4.69) is 214 Å². The number of nitrogens with zero attached hydrogens (tertiary/aromatic N) is 3. The van der Waals surface area contributed by atoms with E-state index in [1.807, 2.05) is 0 Å². The second-order valence-corrected chi connectivity index (χ2v) is 16.1. The van der Waals surface area contributed by atoms with Crippen LogP contribution in [-0.2, 0) is 10.8 Å². The lowest BCUT2D eigenvalue weighted by Crippen LogP contribution is -2.23. The van der Waals surface area contributed by atoms with E-state index in [1.165, 1.54) is 72.3 Å². The molecule has 3 nitrogen and oxygen atoms in total. The number of hydrogen-bond acceptors (Lipinski definition) is 2. The maximum absolute atomic E-state index is 2.47. The molecule has 6 aromatic carbocycles. The van der Waals surface area contributed by atoms with Gasteiger partial charge in [-0.25, -0.2) is 0 Å². The molecule has 0 N–H and O–H groups in total. The summed E-state index contributed by atoms with van der Waals surface area (Å²) in [5.41, 5.74) is 14.0. The second kappa shape index (κ2) is 12.9. The van der Waals surface area contributed by atoms with Crippen molar-refractivity contribution in [2.75, 3.05) is 23.9 Å². The normalized spacial score (nSPS) is 20.2. The van der Waals surface area contributed by atoms with Gasteiger partial charge in [-0.15, -0.1) is 0 Å². The van der Waals surface area contributed by atoms with E-state index in [1.54, 1.807) is 0 Å². The maximum Gasteiger partial charge on any atom is 0.218 e. The van der Waals surface area contributed by atoms with Crippen LogP contribution in [0.3, 0.4) is 0 Å². The quantitative estimate of drug-likeness (QED) is 0.169. The molecule has 1 aliphatic carbocycles. The van der Waals surface area contributed by atoms with Gasteiger partial charge in [0.2, 0.25) is 17.1 Å². The van der Waals surface area contributed by atoms with Gasteiger partial charge >= 0.3 is 0 Å². The molecule has 0 atom stereocenters. The Balaban J connectivity index is 1.21. The Morgan fingerprint density at radius 1 is 0.463 bits per heavy atom. The summed E-state index contributed by atoms with van der Waals surface area (Å²) in [6.07, 6.45) is 11.6. The van der Waals surface area contributed by atoms with Crippen LogP contribution in [0.2, 0.25) is 0 Å². The van der Waals surface area contributed by atoms with Crippen molar-refractivity contribution in [3.63, 3.8) is 0 Å². The number of anilines is 2. The largest absolute Gasteiger partial charge is 0.347 e. The highest BCUT2D eigenvalue weighted by Crippen LogP contribution is 2.51. The van der Waals surface area contributed by atoms with Crippen LogP contribution in [0.4, 0.5) is 22.7 Å². The van der Waals surface area contributed by atoms with Gasteiger partial charge < -0.3 is 9.80 Å². The van der Waals surface area contributed by atoms with E-state index in [4.69, 9.17) is 0 Å². The van der Waals surface area contributed by atoms with Crippen LogP contribution in [0.15, 0.2) is 180 Å². The van der Waals surface area contributed by atoms with Crippen molar-refractivity contribution >= 4 is 50.0 Å². The smallest absolute Gasteiger partial charge is 0.218 e. The molecule has 54 heavy (non-hydrogen) atoms. The van der Waals surface area contributed by atoms with Crippen LogP contribution in [0.25, 0.3) is 21.5 Å². The van der Waals surface area contributed by atoms with Gasteiger partial charge in [-0.3, -0.25) is 0 Å². The molecule has 0 spiro atoms. The van der Waals surface area contributed by atoms with Gasteiger partial charge in [-0.1, -0.05) is 137 Å². The minimum Gasteiger partial charge on any atom is -0.347 e. The zero-order valence-electron chi connectivity index (χ0n) is 32.3. The monoisotopic (exact) mass is 702 g/mol. The Bertz CT molecular complexity index is 2430. The lowest BCUT2D eigenvalue weighted by Gasteiger charge is -2.24. The second-order valence-electron chi connectivity index (χ2n) is 16.1. The predicted molar refractivity (Wildman–Crippen MR) is 232 cm³/mol. The number of likely N-dealkylation sites (N-methyl/N-ethyl adjacent to an activating group) is 2. The van der Waals surface area contributed by atoms with Crippen molar-refractivity contribution in [2.45, 2.75) is 51.4 Å². The highest BCUT2D eigenvalue weighted by Gasteiger charge is 2.41. The molecule has 0 unspecified atom stereocenters. The third-order valence-corrected chi connectivity index (χ3v) is 12.2. The summed E-state index contributed by atoms with van der Waals surface area (Å²) < 4.78 is 2.47. The number of allylic oxidation sites excluding steroid dienone is 8. The first-order valence-corrected chi connectivity index (χ1v) is 19.3. The van der Waals surface area contributed by atoms with Gasteiger partial charge in [0.1, 0.15) is 0 Å². The Kier molecular flexibility index (Phi) is 8.08. The molecule has 0 aromatic heterocycles. The highest BCUT2D eigenvalue weighted by molar-refractivity contribution is 6.17. The number of fused-ring (bicyclic) bond motifs is 6. The third-order valence-electron chi connectivity index (χ3n) is 12.2. The maximum atomic E-state index is 2.47. The molecule has 2 heterocycles. The zero-order chi connectivity index (χ0) is 37.2. The summed E-state index contributed by atoms with van der Waals surface area (Å²) in [4.78, 5) is 4.81. The third kappa shape index (κ3) is 5.28. The average molecular weight is 703 g/mol. The standard InChI is InChI=1S/C51H48N3/c1-50(2)45(52(5)43-31-27-35-17-13-15-23-41(35)47(43)50)33-29-37-25-26-38(49(37)54(39-19-9-7-10-20-39)40-21-11-8-12-22-40)30-34-46-51(3,4)48-42-24-16-14-18-36(42)28-32-44(48)53(46)6/h7-24,27-34H,25-26H2,1-6H3/q+1. The van der Waals surface area contributed by atoms with Crippen LogP contribution in [0.1, 0.15) is 51.7 Å². The Morgan fingerprint density at radius 2 is 0.852 bits per heavy atom. The van der Waals surface area contributed by atoms with E-state index in [-0.39, 0.29) is 10.8 Å². The molecule has 3 heteroatoms. The first-order chi connectivity index (χ1) is 26.2. The Morgan fingerprint density at radius 3 is 1.28 bits per heavy atom. The topological polar surface area (TPSA) is 9.49 Å². The van der Waals surface area contributed by atoms with Crippen LogP contribution in [0.5, 0.6) is 0 Å². The van der Waals surface area contributed by atoms with Gasteiger partial charge in [-0.05, 0) is 69.8 Å². The minimum atomic E-state index is -0.153. The van der Waals surface area contributed by atoms with Crippen molar-refractivity contribution in [1.29, 1.82) is 0 Å². The molecule has 0 amide bonds. The summed E-state index contributed by atoms with van der Waals surface area (Å²) in [5.74, 6) is 0. The highest BCUT2D eigenvalue weighted by atomic mass is 15.2. The Hall–Kier alpha value is -5.93. The molecular weight excluding hydrogens is 655 g/mol. The number of para-hydroxylation sites is 2. The zero-order valence-corrected chi connectivity index (χ0v) is 32.3. The Labute approximate surface area is 320 Å². The van der Waals surface area contributed by atoms with Crippen molar-refractivity contribution in [3.8, 4) is 0 Å². The number of benzene rings is 6. The van der Waals surface area contributed by atoms with E-state index in [9.17, 15) is 0 Å². The van der Waals surface area contributed by atoms with Crippen LogP contribution in [0, 0.1) is 0 Å². The van der Waals surface area contributed by atoms with E-state index in [0.717, 1.165) is 24.2 Å². The molecule has 2 aliphatic heterocycles. The SMILES string of the molecule is CN1C(=C/C=C2\CC/C(=C\C=C3\N(C)c4ccc5ccccc5c4C3(C)C)C2=[N+](c2ccccc2)c2ccccc2)C(C)(C)c2c1ccc1ccccc21. The van der Waals surface area contributed by atoms with Crippen LogP contribution >= 0.6 is 0 Å². The molecule has 3 aliphatic rings. The van der Waals surface area contributed by atoms with Gasteiger partial charge in [0.05, 0.1) is 0 Å². The van der Waals surface area contributed by atoms with Gasteiger partial charge in [-0.2, -0.15) is 4.58 Å². The summed E-state index contributed by atoms with van der Waals surface area (Å²) >= 11 is 0. The number of rotatable bonds is 4. The van der Waals surface area contributed by atoms with Gasteiger partial charge in [0, 0.05) is 83.1 Å². The van der Waals surface area contributed by atoms with Crippen molar-refractivity contribution in [1.82, 2.24) is 4.58 Å². The molecule has 9 rings (SSSR count). The molecule has 6 aromatic rings. The van der Waals surface area contributed by atoms with Gasteiger partial charge in [0.15, 0.2) is 0 Å². The molecule has 0 saturated heterocycles. The molecule has 1 fully saturated rings. The molecular formula is C51H48N3+.